The molecule has 0 aromatic heterocycles. The molecule has 24 nitrogen and oxygen atoms in total. The van der Waals surface area contributed by atoms with Crippen molar-refractivity contribution < 1.29 is 83.9 Å². The normalized spacial score (nSPS) is 10.9. The first-order chi connectivity index (χ1) is 49.3. The van der Waals surface area contributed by atoms with Gasteiger partial charge >= 0.3 is 18.5 Å². The second-order valence-corrected chi connectivity index (χ2v) is 23.6. The number of phenols is 4. The van der Waals surface area contributed by atoms with Gasteiger partial charge in [0.05, 0.1) is 79.3 Å². The van der Waals surface area contributed by atoms with Crippen LogP contribution >= 0.6 is 12.6 Å². The molecule has 0 heterocycles. The Hall–Kier alpha value is -13.5. The van der Waals surface area contributed by atoms with Crippen LogP contribution in [0.3, 0.4) is 0 Å². The van der Waals surface area contributed by atoms with E-state index in [-0.39, 0.29) is 108 Å². The predicted octanol–water partition coefficient (Wildman–Crippen LogP) is 13.9. The summed E-state index contributed by atoms with van der Waals surface area (Å²) in [5, 5.41) is 51.7. The average molecular weight is 1490 g/mol. The Balaban J connectivity index is 0.000000208. The molecule has 0 aliphatic rings. The van der Waals surface area contributed by atoms with Crippen molar-refractivity contribution in [3.63, 3.8) is 0 Å². The Morgan fingerprint density at radius 3 is 0.840 bits per heavy atom. The van der Waals surface area contributed by atoms with Crippen LogP contribution in [-0.2, 0) is 18.5 Å². The Labute approximate surface area is 603 Å². The maximum Gasteiger partial charge on any atom is 0.416 e. The van der Waals surface area contributed by atoms with Gasteiger partial charge in [0.25, 0.3) is 29.5 Å². The zero-order chi connectivity index (χ0) is 79.2. The molecule has 0 bridgehead atoms. The van der Waals surface area contributed by atoms with E-state index in [0.29, 0.717) is 49.9 Å². The Morgan fingerprint density at radius 2 is 0.557 bits per heavy atom. The number of thiol groups is 1. The quantitative estimate of drug-likeness (QED) is 0.0199. The van der Waals surface area contributed by atoms with E-state index in [9.17, 15) is 83.9 Å². The summed E-state index contributed by atoms with van der Waals surface area (Å²) in [4.78, 5) is 60.6. The molecule has 0 unspecified atom stereocenters. The summed E-state index contributed by atoms with van der Waals surface area (Å²) in [6.45, 7) is 7.27. The van der Waals surface area contributed by atoms with Gasteiger partial charge in [-0.25, -0.2) is 0 Å². The number of phenolic OH excluding ortho intramolecular Hbond substituents is 4. The Kier molecular flexibility index (Phi) is 26.1. The van der Waals surface area contributed by atoms with Crippen molar-refractivity contribution in [2.24, 2.45) is 0 Å². The summed E-state index contributed by atoms with van der Waals surface area (Å²) in [5.41, 5.74) is 60.7. The minimum atomic E-state index is -4.48. The summed E-state index contributed by atoms with van der Waals surface area (Å²) >= 11 is 4.16. The highest BCUT2D eigenvalue weighted by molar-refractivity contribution is 7.80. The molecule has 0 aliphatic carbocycles. The molecule has 0 saturated heterocycles. The number of amides is 5. The lowest BCUT2D eigenvalue weighted by Gasteiger charge is -2.14. The van der Waals surface area contributed by atoms with Gasteiger partial charge in [-0.1, -0.05) is 35.4 Å². The first-order valence-corrected chi connectivity index (χ1v) is 30.9. The van der Waals surface area contributed by atoms with E-state index in [4.69, 9.17) is 57.3 Å². The standard InChI is InChI=1S/C15H14F3N3O2.C15H17N3O2.C14H12F3N3O2.C14H12F3N3OS.C14H15N3O2/c1-7-6-10(19)13(22)12(11(7)20)21-14(23)8-2-4-9(5-3-8)15(16,17)18;1-8-3-5-10(6-4-8)15(20)18-13-12(17)9(2)7-11(16)14(13)19;15-14(16,17)8-3-1-7(2-4-8)13(22)20-11-6-9(18)5-10(19)12(11)21;15-14(16,17)8-3-1-7(2-4-8)13(21)20-11-5-9(18)10(19)6-12(11)22;1-8-2-4-9(5-3-8)14(19)17-12-7-10(15)6-11(16)13(12)18/h2-6,22H,19-20H2,1H3,(H,21,23);3-7,19H,16-17H2,1-2H3,(H,18,20);1-6,21H,18-19H2,(H,20,22);1-6,22H,18-19H2,(H,20,21);2-7,18H,15-16H2,1H3,(H,17,19). The van der Waals surface area contributed by atoms with Crippen LogP contribution < -0.4 is 83.9 Å². The molecular formula is C72H70F9N15O9S. The monoisotopic (exact) mass is 1490 g/mol. The number of halogens is 9. The SMILES string of the molecule is Cc1cc(N)c(O)c(NC(=O)c2ccc(C(F)(F)F)cc2)c1N.Cc1ccc(C(=O)Nc2c(N)c(C)cc(N)c2O)cc1.Cc1ccc(C(=O)Nc2cc(N)cc(N)c2O)cc1.Nc1cc(N)c(O)c(NC(=O)c2ccc(C(F)(F)F)cc2)c1.Nc1cc(S)c(NC(=O)c2ccc(C(F)(F)F)cc2)cc1N. The number of benzene rings is 10. The van der Waals surface area contributed by atoms with Crippen molar-refractivity contribution in [2.75, 3.05) is 83.9 Å². The summed E-state index contributed by atoms with van der Waals surface area (Å²) in [5.74, 6) is -3.84. The molecule has 0 aliphatic heterocycles. The fourth-order valence-corrected chi connectivity index (χ4v) is 9.28. The fourth-order valence-electron chi connectivity index (χ4n) is 9.02. The van der Waals surface area contributed by atoms with Crippen LogP contribution in [0.25, 0.3) is 0 Å². The van der Waals surface area contributed by atoms with Crippen molar-refractivity contribution in [2.45, 2.75) is 51.1 Å². The highest BCUT2D eigenvalue weighted by Crippen LogP contribution is 2.41. The summed E-state index contributed by atoms with van der Waals surface area (Å²) < 4.78 is 112. The third kappa shape index (κ3) is 21.8. The van der Waals surface area contributed by atoms with Crippen molar-refractivity contribution in [1.82, 2.24) is 0 Å². The second kappa shape index (κ2) is 34.0. The topological polar surface area (TPSA) is 487 Å². The maximum absolute atomic E-state index is 12.5. The number of aromatic hydroxyl groups is 4. The van der Waals surface area contributed by atoms with Crippen LogP contribution in [0.2, 0.25) is 0 Å². The van der Waals surface area contributed by atoms with Gasteiger partial charge in [-0.15, -0.1) is 12.6 Å². The minimum Gasteiger partial charge on any atom is -0.504 e. The molecule has 10 aromatic rings. The minimum absolute atomic E-state index is 0.00611. The van der Waals surface area contributed by atoms with Gasteiger partial charge in [0, 0.05) is 44.1 Å². The maximum atomic E-state index is 12.5. The molecule has 0 atom stereocenters. The number of aryl methyl sites for hydroxylation is 4. The van der Waals surface area contributed by atoms with Crippen molar-refractivity contribution in [1.29, 1.82) is 0 Å². The highest BCUT2D eigenvalue weighted by Gasteiger charge is 2.33. The van der Waals surface area contributed by atoms with Gasteiger partial charge in [0.1, 0.15) is 11.4 Å². The number of nitrogen functional groups attached to an aromatic ring is 10. The largest absolute Gasteiger partial charge is 0.504 e. The zero-order valence-corrected chi connectivity index (χ0v) is 57.0. The Bertz CT molecular complexity index is 4850. The number of nitrogens with two attached hydrogens (primary N) is 10. The summed E-state index contributed by atoms with van der Waals surface area (Å²) in [7, 11) is 0. The molecule has 10 rings (SSSR count). The van der Waals surface area contributed by atoms with Gasteiger partial charge in [0.15, 0.2) is 23.0 Å². The van der Waals surface area contributed by atoms with Crippen molar-refractivity contribution in [3.05, 3.63) is 237 Å². The van der Waals surface area contributed by atoms with Gasteiger partial charge in [0.2, 0.25) is 0 Å². The van der Waals surface area contributed by atoms with Crippen molar-refractivity contribution in [3.8, 4) is 23.0 Å². The van der Waals surface area contributed by atoms with Gasteiger partial charge < -0.3 is 104 Å². The number of anilines is 15. The first-order valence-electron chi connectivity index (χ1n) is 30.5. The number of hydrogen-bond donors (Lipinski definition) is 20. The molecular weight excluding hydrogens is 1420 g/mol. The van der Waals surface area contributed by atoms with E-state index in [0.717, 1.165) is 83.9 Å². The third-order valence-electron chi connectivity index (χ3n) is 15.0. The molecule has 0 spiro atoms. The lowest BCUT2D eigenvalue weighted by atomic mass is 10.1. The third-order valence-corrected chi connectivity index (χ3v) is 15.3. The van der Waals surface area contributed by atoms with E-state index in [1.807, 2.05) is 38.1 Å². The number of alkyl halides is 9. The van der Waals surface area contributed by atoms with Crippen LogP contribution in [0.1, 0.15) is 90.7 Å². The zero-order valence-electron chi connectivity index (χ0n) is 56.1. The average Bonchev–Trinajstić information content (AvgIpc) is 0.819. The van der Waals surface area contributed by atoms with E-state index in [1.54, 1.807) is 44.2 Å². The molecule has 556 valence electrons. The lowest BCUT2D eigenvalue weighted by molar-refractivity contribution is -0.138. The fraction of sp³-hybridized carbons (Fsp3) is 0.0972. The second-order valence-electron chi connectivity index (χ2n) is 23.1. The number of rotatable bonds is 10. The molecule has 29 N–H and O–H groups in total. The van der Waals surface area contributed by atoms with E-state index < -0.39 is 58.7 Å². The highest BCUT2D eigenvalue weighted by atomic mass is 32.1. The lowest BCUT2D eigenvalue weighted by Crippen LogP contribution is -2.15. The number of carbonyl (C=O) groups is 5. The van der Waals surface area contributed by atoms with Gasteiger partial charge in [-0.2, -0.15) is 39.5 Å². The smallest absolute Gasteiger partial charge is 0.416 e. The first kappa shape index (κ1) is 81.4. The van der Waals surface area contributed by atoms with Crippen LogP contribution in [0.15, 0.2) is 175 Å². The van der Waals surface area contributed by atoms with Crippen molar-refractivity contribution >= 4 is 127 Å². The molecule has 5 amide bonds. The van der Waals surface area contributed by atoms with E-state index in [2.05, 4.69) is 39.2 Å². The molecule has 10 aromatic carbocycles. The molecule has 34 heteroatoms. The van der Waals surface area contributed by atoms with Gasteiger partial charge in [-0.3, -0.25) is 24.0 Å². The molecule has 0 radical (unpaired) electrons. The summed E-state index contributed by atoms with van der Waals surface area (Å²) in [6.07, 6.45) is -13.4. The Morgan fingerprint density at radius 1 is 0.311 bits per heavy atom. The molecule has 106 heavy (non-hydrogen) atoms. The molecule has 0 fully saturated rings. The number of carbonyl (C=O) groups excluding carboxylic acids is 5. The van der Waals surface area contributed by atoms with E-state index >= 15 is 0 Å². The van der Waals surface area contributed by atoms with Crippen LogP contribution in [0.4, 0.5) is 125 Å². The number of hydrogen-bond acceptors (Lipinski definition) is 20. The van der Waals surface area contributed by atoms with Crippen LogP contribution in [-0.4, -0.2) is 50.0 Å². The van der Waals surface area contributed by atoms with Gasteiger partial charge in [-0.05, 0) is 184 Å². The predicted molar refractivity (Wildman–Crippen MR) is 396 cm³/mol. The molecule has 0 saturated carbocycles. The summed E-state index contributed by atoms with van der Waals surface area (Å²) in [6, 6.07) is 36.7. The number of nitrogens with one attached hydrogen (secondary N) is 5. The van der Waals surface area contributed by atoms with E-state index in [1.165, 1.54) is 42.5 Å². The van der Waals surface area contributed by atoms with Crippen LogP contribution in [0, 0.1) is 27.7 Å². The van der Waals surface area contributed by atoms with Crippen LogP contribution in [0.5, 0.6) is 23.0 Å².